The first-order chi connectivity index (χ1) is 11.3. The summed E-state index contributed by atoms with van der Waals surface area (Å²) < 4.78 is 0. The lowest BCUT2D eigenvalue weighted by Crippen LogP contribution is -1.80. The number of nitrogens with one attached hydrogen (secondary N) is 1. The molecule has 0 saturated heterocycles. The van der Waals surface area contributed by atoms with Gasteiger partial charge in [0.05, 0.1) is 11.6 Å². The van der Waals surface area contributed by atoms with Gasteiger partial charge in [0.15, 0.2) is 0 Å². The topological polar surface area (TPSA) is 39.6 Å². The Morgan fingerprint density at radius 1 is 0.696 bits per heavy atom. The van der Waals surface area contributed by atoms with Gasteiger partial charge in [0.25, 0.3) is 0 Å². The molecule has 0 unspecified atom stereocenters. The minimum absolute atomic E-state index is 0.682. The molecule has 1 heterocycles. The van der Waals surface area contributed by atoms with E-state index in [0.29, 0.717) is 5.56 Å². The van der Waals surface area contributed by atoms with Crippen LogP contribution in [0, 0.1) is 11.3 Å². The molecule has 1 aromatic heterocycles. The molecule has 4 aromatic rings. The second kappa shape index (κ2) is 5.47. The van der Waals surface area contributed by atoms with E-state index < -0.39 is 0 Å². The first-order valence-corrected chi connectivity index (χ1v) is 7.52. The van der Waals surface area contributed by atoms with E-state index in [2.05, 4.69) is 53.5 Å². The summed E-state index contributed by atoms with van der Waals surface area (Å²) in [6.07, 6.45) is 0. The first kappa shape index (κ1) is 13.4. The van der Waals surface area contributed by atoms with Crippen LogP contribution in [0.15, 0.2) is 78.9 Å². The summed E-state index contributed by atoms with van der Waals surface area (Å²) in [6, 6.07) is 28.8. The minimum Gasteiger partial charge on any atom is -0.355 e. The molecule has 0 aliphatic heterocycles. The van der Waals surface area contributed by atoms with Gasteiger partial charge in [-0.2, -0.15) is 5.26 Å². The van der Waals surface area contributed by atoms with Crippen molar-refractivity contribution in [1.82, 2.24) is 4.98 Å². The molecule has 0 aliphatic carbocycles. The fourth-order valence-corrected chi connectivity index (χ4v) is 2.85. The van der Waals surface area contributed by atoms with Crippen molar-refractivity contribution in [2.45, 2.75) is 0 Å². The van der Waals surface area contributed by atoms with Crippen LogP contribution in [0.3, 0.4) is 0 Å². The van der Waals surface area contributed by atoms with Crippen molar-refractivity contribution in [3.8, 4) is 28.5 Å². The third-order valence-electron chi connectivity index (χ3n) is 4.03. The van der Waals surface area contributed by atoms with Crippen LogP contribution in [0.25, 0.3) is 33.3 Å². The van der Waals surface area contributed by atoms with Crippen LogP contribution in [-0.4, -0.2) is 4.98 Å². The van der Waals surface area contributed by atoms with Crippen molar-refractivity contribution >= 4 is 10.9 Å². The second-order valence-corrected chi connectivity index (χ2v) is 5.54. The average molecular weight is 294 g/mol. The Bertz CT molecular complexity index is 1020. The van der Waals surface area contributed by atoms with Crippen LogP contribution in [0.4, 0.5) is 0 Å². The lowest BCUT2D eigenvalue weighted by Gasteiger charge is -2.04. The zero-order valence-electron chi connectivity index (χ0n) is 12.5. The molecule has 1 N–H and O–H groups in total. The van der Waals surface area contributed by atoms with E-state index in [4.69, 9.17) is 5.26 Å². The lowest BCUT2D eigenvalue weighted by molar-refractivity contribution is 1.45. The Balaban J connectivity index is 1.80. The summed E-state index contributed by atoms with van der Waals surface area (Å²) in [6.45, 7) is 0. The van der Waals surface area contributed by atoms with Gasteiger partial charge in [0.2, 0.25) is 0 Å². The lowest BCUT2D eigenvalue weighted by atomic mass is 10.0. The number of fused-ring (bicyclic) bond motifs is 1. The molecule has 0 fully saturated rings. The third-order valence-corrected chi connectivity index (χ3v) is 4.03. The predicted octanol–water partition coefficient (Wildman–Crippen LogP) is 5.37. The summed E-state index contributed by atoms with van der Waals surface area (Å²) in [4.78, 5) is 3.43. The van der Waals surface area contributed by atoms with E-state index >= 15 is 0 Å². The normalized spacial score (nSPS) is 10.6. The smallest absolute Gasteiger partial charge is 0.0991 e. The van der Waals surface area contributed by atoms with Gasteiger partial charge in [-0.1, -0.05) is 48.5 Å². The Labute approximate surface area is 134 Å². The van der Waals surface area contributed by atoms with Gasteiger partial charge in [0, 0.05) is 16.6 Å². The molecule has 2 heteroatoms. The number of H-pyrrole nitrogens is 1. The summed E-state index contributed by atoms with van der Waals surface area (Å²) in [5.41, 5.74) is 6.33. The number of benzene rings is 3. The molecule has 0 atom stereocenters. The summed E-state index contributed by atoms with van der Waals surface area (Å²) in [5.74, 6) is 0. The maximum atomic E-state index is 9.02. The summed E-state index contributed by atoms with van der Waals surface area (Å²) >= 11 is 0. The second-order valence-electron chi connectivity index (χ2n) is 5.54. The van der Waals surface area contributed by atoms with E-state index in [1.54, 1.807) is 0 Å². The molecule has 0 radical (unpaired) electrons. The first-order valence-electron chi connectivity index (χ1n) is 7.52. The van der Waals surface area contributed by atoms with Crippen molar-refractivity contribution in [2.24, 2.45) is 0 Å². The zero-order valence-corrected chi connectivity index (χ0v) is 12.5. The van der Waals surface area contributed by atoms with Crippen LogP contribution in [0.1, 0.15) is 5.56 Å². The van der Waals surface area contributed by atoms with Gasteiger partial charge in [0.1, 0.15) is 0 Å². The molecular formula is C21H14N2. The number of hydrogen-bond donors (Lipinski definition) is 1. The van der Waals surface area contributed by atoms with E-state index in [-0.39, 0.29) is 0 Å². The Hall–Kier alpha value is -3.31. The maximum Gasteiger partial charge on any atom is 0.0991 e. The average Bonchev–Trinajstić information content (AvgIpc) is 3.06. The zero-order chi connectivity index (χ0) is 15.6. The molecular weight excluding hydrogens is 280 g/mol. The van der Waals surface area contributed by atoms with Gasteiger partial charge in [-0.3, -0.25) is 0 Å². The molecule has 3 aromatic carbocycles. The molecule has 0 saturated carbocycles. The maximum absolute atomic E-state index is 9.02. The SMILES string of the molecule is N#Cc1ccc2[nH]c(-c3cccc(-c4ccccc4)c3)cc2c1. The van der Waals surface area contributed by atoms with E-state index in [0.717, 1.165) is 22.2 Å². The van der Waals surface area contributed by atoms with Crippen LogP contribution in [-0.2, 0) is 0 Å². The van der Waals surface area contributed by atoms with Gasteiger partial charge in [-0.05, 0) is 47.0 Å². The van der Waals surface area contributed by atoms with Crippen molar-refractivity contribution in [2.75, 3.05) is 0 Å². The van der Waals surface area contributed by atoms with Crippen molar-refractivity contribution < 1.29 is 0 Å². The van der Waals surface area contributed by atoms with E-state index in [9.17, 15) is 0 Å². The van der Waals surface area contributed by atoms with E-state index in [1.165, 1.54) is 11.1 Å². The molecule has 108 valence electrons. The highest BCUT2D eigenvalue weighted by Gasteiger charge is 2.06. The largest absolute Gasteiger partial charge is 0.355 e. The number of nitriles is 1. The van der Waals surface area contributed by atoms with Gasteiger partial charge >= 0.3 is 0 Å². The van der Waals surface area contributed by atoms with Crippen LogP contribution in [0.2, 0.25) is 0 Å². The molecule has 4 rings (SSSR count). The summed E-state index contributed by atoms with van der Waals surface area (Å²) in [5, 5.41) is 10.1. The van der Waals surface area contributed by atoms with Gasteiger partial charge in [-0.15, -0.1) is 0 Å². The third kappa shape index (κ3) is 2.49. The summed E-state index contributed by atoms with van der Waals surface area (Å²) in [7, 11) is 0. The number of aromatic amines is 1. The molecule has 0 bridgehead atoms. The number of aromatic nitrogens is 1. The Morgan fingerprint density at radius 3 is 2.30 bits per heavy atom. The van der Waals surface area contributed by atoms with Crippen molar-refractivity contribution in [3.05, 3.63) is 84.4 Å². The van der Waals surface area contributed by atoms with Crippen molar-refractivity contribution in [3.63, 3.8) is 0 Å². The molecule has 0 aliphatic rings. The highest BCUT2D eigenvalue weighted by molar-refractivity contribution is 5.87. The Kier molecular flexibility index (Phi) is 3.18. The van der Waals surface area contributed by atoms with Crippen LogP contribution in [0.5, 0.6) is 0 Å². The monoisotopic (exact) mass is 294 g/mol. The van der Waals surface area contributed by atoms with E-state index in [1.807, 2.05) is 36.4 Å². The molecule has 0 spiro atoms. The molecule has 2 nitrogen and oxygen atoms in total. The van der Waals surface area contributed by atoms with Crippen LogP contribution >= 0.6 is 0 Å². The number of rotatable bonds is 2. The fraction of sp³-hybridized carbons (Fsp3) is 0. The highest BCUT2D eigenvalue weighted by Crippen LogP contribution is 2.28. The van der Waals surface area contributed by atoms with Crippen molar-refractivity contribution in [1.29, 1.82) is 5.26 Å². The van der Waals surface area contributed by atoms with Gasteiger partial charge < -0.3 is 4.98 Å². The number of hydrogen-bond acceptors (Lipinski definition) is 1. The molecule has 0 amide bonds. The predicted molar refractivity (Wildman–Crippen MR) is 93.9 cm³/mol. The fourth-order valence-electron chi connectivity index (χ4n) is 2.85. The highest BCUT2D eigenvalue weighted by atomic mass is 14.7. The molecule has 23 heavy (non-hydrogen) atoms. The standard InChI is InChI=1S/C21H14N2/c22-14-15-9-10-20-19(11-15)13-21(23-20)18-8-4-7-17(12-18)16-5-2-1-3-6-16/h1-13,23H. The quantitative estimate of drug-likeness (QED) is 0.530. The van der Waals surface area contributed by atoms with Gasteiger partial charge in [-0.25, -0.2) is 0 Å². The minimum atomic E-state index is 0.682. The number of nitrogens with zero attached hydrogens (tertiary/aromatic N) is 1. The van der Waals surface area contributed by atoms with Crippen LogP contribution < -0.4 is 0 Å². The Morgan fingerprint density at radius 2 is 1.48 bits per heavy atom.